The van der Waals surface area contributed by atoms with Crippen LogP contribution in [0.2, 0.25) is 0 Å². The number of nitrogens with one attached hydrogen (secondary N) is 1. The fourth-order valence-corrected chi connectivity index (χ4v) is 1.49. The van der Waals surface area contributed by atoms with Gasteiger partial charge in [0.1, 0.15) is 0 Å². The van der Waals surface area contributed by atoms with Crippen LogP contribution in [-0.2, 0) is 14.2 Å². The van der Waals surface area contributed by atoms with Gasteiger partial charge in [0.2, 0.25) is 0 Å². The van der Waals surface area contributed by atoms with Crippen molar-refractivity contribution in [3.8, 4) is 0 Å². The van der Waals surface area contributed by atoms with E-state index in [9.17, 15) is 0 Å². The molecule has 1 aliphatic heterocycles. The van der Waals surface area contributed by atoms with Gasteiger partial charge in [-0.3, -0.25) is 0 Å². The van der Waals surface area contributed by atoms with Gasteiger partial charge in [-0.1, -0.05) is 0 Å². The van der Waals surface area contributed by atoms with Gasteiger partial charge in [0.05, 0.1) is 25.4 Å². The van der Waals surface area contributed by atoms with E-state index >= 15 is 0 Å². The van der Waals surface area contributed by atoms with Gasteiger partial charge >= 0.3 is 0 Å². The van der Waals surface area contributed by atoms with Crippen molar-refractivity contribution in [1.29, 1.82) is 0 Å². The molecule has 4 nitrogen and oxygen atoms in total. The van der Waals surface area contributed by atoms with Crippen molar-refractivity contribution < 1.29 is 14.2 Å². The minimum Gasteiger partial charge on any atom is -0.377 e. The molecule has 0 spiro atoms. The number of hydrogen-bond donors (Lipinski definition) is 1. The molecule has 0 bridgehead atoms. The van der Waals surface area contributed by atoms with E-state index < -0.39 is 5.79 Å². The molecule has 0 saturated carbocycles. The van der Waals surface area contributed by atoms with Crippen LogP contribution in [0.3, 0.4) is 0 Å². The quantitative estimate of drug-likeness (QED) is 0.750. The maximum absolute atomic E-state index is 5.54. The predicted octanol–water partition coefficient (Wildman–Crippen LogP) is 1.15. The van der Waals surface area contributed by atoms with Gasteiger partial charge in [-0.25, -0.2) is 0 Å². The second-order valence-electron chi connectivity index (χ2n) is 4.39. The first-order valence-corrected chi connectivity index (χ1v) is 5.66. The molecule has 1 fully saturated rings. The van der Waals surface area contributed by atoms with Gasteiger partial charge in [0.25, 0.3) is 0 Å². The molecule has 90 valence electrons. The van der Waals surface area contributed by atoms with Crippen molar-refractivity contribution in [2.24, 2.45) is 0 Å². The molecule has 15 heavy (non-hydrogen) atoms. The summed E-state index contributed by atoms with van der Waals surface area (Å²) in [7, 11) is 0. The van der Waals surface area contributed by atoms with Gasteiger partial charge in [0, 0.05) is 13.2 Å². The molecule has 0 radical (unpaired) electrons. The predicted molar refractivity (Wildman–Crippen MR) is 58.9 cm³/mol. The van der Waals surface area contributed by atoms with Gasteiger partial charge in [0.15, 0.2) is 5.79 Å². The molecule has 1 rings (SSSR count). The Bertz CT molecular complexity index is 175. The van der Waals surface area contributed by atoms with E-state index in [4.69, 9.17) is 14.2 Å². The van der Waals surface area contributed by atoms with E-state index in [0.717, 1.165) is 13.2 Å². The van der Waals surface area contributed by atoms with Crippen molar-refractivity contribution in [1.82, 2.24) is 5.32 Å². The van der Waals surface area contributed by atoms with Crippen LogP contribution in [0.4, 0.5) is 0 Å². The second kappa shape index (κ2) is 5.80. The molecule has 1 aliphatic rings. The van der Waals surface area contributed by atoms with Crippen LogP contribution in [-0.4, -0.2) is 44.3 Å². The van der Waals surface area contributed by atoms with Crippen LogP contribution in [0.5, 0.6) is 0 Å². The van der Waals surface area contributed by atoms with Crippen molar-refractivity contribution in [3.05, 3.63) is 0 Å². The smallest absolute Gasteiger partial charge is 0.162 e. The van der Waals surface area contributed by atoms with E-state index in [2.05, 4.69) is 12.2 Å². The van der Waals surface area contributed by atoms with Crippen LogP contribution in [0, 0.1) is 0 Å². The Labute approximate surface area is 92.3 Å². The van der Waals surface area contributed by atoms with Crippen LogP contribution in [0.15, 0.2) is 0 Å². The first-order valence-electron chi connectivity index (χ1n) is 5.66. The molecule has 1 saturated heterocycles. The summed E-state index contributed by atoms with van der Waals surface area (Å²) in [5.41, 5.74) is 0. The third kappa shape index (κ3) is 4.93. The lowest BCUT2D eigenvalue weighted by atomic mass is 10.2. The Hall–Kier alpha value is -0.160. The highest BCUT2D eigenvalue weighted by atomic mass is 16.7. The van der Waals surface area contributed by atoms with Crippen LogP contribution < -0.4 is 5.32 Å². The zero-order valence-electron chi connectivity index (χ0n) is 10.2. The lowest BCUT2D eigenvalue weighted by Gasteiger charge is -2.35. The maximum Gasteiger partial charge on any atom is 0.162 e. The summed E-state index contributed by atoms with van der Waals surface area (Å²) >= 11 is 0. The van der Waals surface area contributed by atoms with E-state index in [0.29, 0.717) is 13.2 Å². The summed E-state index contributed by atoms with van der Waals surface area (Å²) in [6.07, 6.45) is 0.241. The minimum atomic E-state index is -0.427. The van der Waals surface area contributed by atoms with E-state index in [-0.39, 0.29) is 12.1 Å². The highest BCUT2D eigenvalue weighted by Crippen LogP contribution is 2.16. The highest BCUT2D eigenvalue weighted by molar-refractivity contribution is 4.74. The molecule has 0 aromatic carbocycles. The number of rotatable bonds is 5. The monoisotopic (exact) mass is 217 g/mol. The fraction of sp³-hybridized carbons (Fsp3) is 1.00. The van der Waals surface area contributed by atoms with E-state index in [1.807, 2.05) is 20.8 Å². The summed E-state index contributed by atoms with van der Waals surface area (Å²) in [6.45, 7) is 10.9. The van der Waals surface area contributed by atoms with Crippen LogP contribution in [0.1, 0.15) is 27.7 Å². The minimum absolute atomic E-state index is 0.241. The summed E-state index contributed by atoms with van der Waals surface area (Å²) in [5.74, 6) is -0.427. The largest absolute Gasteiger partial charge is 0.377 e. The fourth-order valence-electron chi connectivity index (χ4n) is 1.49. The van der Waals surface area contributed by atoms with Gasteiger partial charge in [-0.05, 0) is 27.7 Å². The molecular formula is C11H23NO3. The van der Waals surface area contributed by atoms with E-state index in [1.165, 1.54) is 0 Å². The SMILES string of the molecule is CCOC(C)CNC1COC(C)(C)OC1. The second-order valence-corrected chi connectivity index (χ2v) is 4.39. The summed E-state index contributed by atoms with van der Waals surface area (Å²) in [5, 5.41) is 3.37. The number of hydrogen-bond acceptors (Lipinski definition) is 4. The van der Waals surface area contributed by atoms with Crippen LogP contribution in [0.25, 0.3) is 0 Å². The highest BCUT2D eigenvalue weighted by Gasteiger charge is 2.27. The molecule has 1 atom stereocenters. The molecule has 0 aromatic heterocycles. The molecule has 0 aromatic rings. The molecule has 1 heterocycles. The maximum atomic E-state index is 5.54. The molecule has 1 unspecified atom stereocenters. The molecule has 0 aliphatic carbocycles. The zero-order valence-corrected chi connectivity index (χ0v) is 10.2. The first kappa shape index (κ1) is 12.9. The zero-order chi connectivity index (χ0) is 11.3. The third-order valence-corrected chi connectivity index (χ3v) is 2.41. The van der Waals surface area contributed by atoms with Gasteiger partial charge in [-0.2, -0.15) is 0 Å². The molecule has 1 N–H and O–H groups in total. The molecule has 0 amide bonds. The van der Waals surface area contributed by atoms with Crippen LogP contribution >= 0.6 is 0 Å². The first-order chi connectivity index (χ1) is 7.03. The molecular weight excluding hydrogens is 194 g/mol. The summed E-state index contributed by atoms with van der Waals surface area (Å²) in [6, 6.07) is 0.279. The Kier molecular flexibility index (Phi) is 4.99. The average molecular weight is 217 g/mol. The number of ether oxygens (including phenoxy) is 3. The molecule has 4 heteroatoms. The van der Waals surface area contributed by atoms with Gasteiger partial charge < -0.3 is 19.5 Å². The Morgan fingerprint density at radius 3 is 2.53 bits per heavy atom. The Balaban J connectivity index is 2.13. The lowest BCUT2D eigenvalue weighted by Crippen LogP contribution is -2.50. The van der Waals surface area contributed by atoms with Crippen molar-refractivity contribution >= 4 is 0 Å². The summed E-state index contributed by atoms with van der Waals surface area (Å²) in [4.78, 5) is 0. The average Bonchev–Trinajstić information content (AvgIpc) is 2.17. The van der Waals surface area contributed by atoms with Crippen molar-refractivity contribution in [2.45, 2.75) is 45.6 Å². The van der Waals surface area contributed by atoms with E-state index in [1.54, 1.807) is 0 Å². The summed E-state index contributed by atoms with van der Waals surface area (Å²) < 4.78 is 16.5. The topological polar surface area (TPSA) is 39.7 Å². The Morgan fingerprint density at radius 1 is 1.40 bits per heavy atom. The van der Waals surface area contributed by atoms with Gasteiger partial charge in [-0.15, -0.1) is 0 Å². The Morgan fingerprint density at radius 2 is 2.00 bits per heavy atom. The van der Waals surface area contributed by atoms with Crippen molar-refractivity contribution in [2.75, 3.05) is 26.4 Å². The lowest BCUT2D eigenvalue weighted by molar-refractivity contribution is -0.253. The normalized spacial score (nSPS) is 24.0. The van der Waals surface area contributed by atoms with Crippen molar-refractivity contribution in [3.63, 3.8) is 0 Å². The third-order valence-electron chi connectivity index (χ3n) is 2.41. The standard InChI is InChI=1S/C11H23NO3/c1-5-13-9(2)6-12-10-7-14-11(3,4)15-8-10/h9-10,12H,5-8H2,1-4H3.